The summed E-state index contributed by atoms with van der Waals surface area (Å²) in [6.07, 6.45) is 0. The van der Waals surface area contributed by atoms with Gasteiger partial charge < -0.3 is 13.8 Å². The van der Waals surface area contributed by atoms with Crippen LogP contribution in [0.15, 0.2) is 120 Å². The highest BCUT2D eigenvalue weighted by Gasteiger charge is 2.45. The van der Waals surface area contributed by atoms with Gasteiger partial charge in [-0.15, -0.1) is 0 Å². The monoisotopic (exact) mass is 620 g/mol. The molecule has 0 atom stereocenters. The van der Waals surface area contributed by atoms with Gasteiger partial charge in [0, 0.05) is 49.5 Å². The van der Waals surface area contributed by atoms with E-state index in [-0.39, 0.29) is 17.7 Å². The second-order valence-corrected chi connectivity index (χ2v) is 15.8. The van der Waals surface area contributed by atoms with E-state index in [0.717, 1.165) is 33.3 Å². The first-order chi connectivity index (χ1) is 23.1. The molecule has 4 heterocycles. The number of hydrogen-bond donors (Lipinski definition) is 0. The van der Waals surface area contributed by atoms with Crippen LogP contribution in [0.25, 0.3) is 54.9 Å². The van der Waals surface area contributed by atoms with E-state index in [1.807, 2.05) is 0 Å². The third-order valence-corrected chi connectivity index (χ3v) is 10.9. The first-order valence-electron chi connectivity index (χ1n) is 17.1. The minimum absolute atomic E-state index is 0.000660. The maximum absolute atomic E-state index is 6.92. The molecule has 0 bridgehead atoms. The molecule has 3 nitrogen and oxygen atoms in total. The van der Waals surface area contributed by atoms with Crippen molar-refractivity contribution in [2.24, 2.45) is 0 Å². The van der Waals surface area contributed by atoms with Crippen LogP contribution in [0.5, 0.6) is 0 Å². The van der Waals surface area contributed by atoms with Crippen molar-refractivity contribution in [1.82, 2.24) is 4.48 Å². The predicted molar refractivity (Wildman–Crippen MR) is 205 cm³/mol. The first-order valence-corrected chi connectivity index (χ1v) is 17.1. The van der Waals surface area contributed by atoms with Crippen molar-refractivity contribution >= 4 is 78.6 Å². The zero-order valence-electron chi connectivity index (χ0n) is 28.3. The van der Waals surface area contributed by atoms with Gasteiger partial charge in [-0.2, -0.15) is 0 Å². The summed E-state index contributed by atoms with van der Waals surface area (Å²) in [7, 11) is 0. The van der Waals surface area contributed by atoms with Crippen molar-refractivity contribution < 1.29 is 4.42 Å². The minimum atomic E-state index is -0.0210. The Bertz CT molecular complexity index is 2640. The molecular formula is C44H37BN2O. The summed E-state index contributed by atoms with van der Waals surface area (Å²) in [5.41, 5.74) is 15.8. The Balaban J connectivity index is 1.41. The maximum Gasteiger partial charge on any atom is 0.333 e. The van der Waals surface area contributed by atoms with Crippen LogP contribution in [0, 0.1) is 0 Å². The number of hydrogen-bond acceptors (Lipinski definition) is 2. The van der Waals surface area contributed by atoms with E-state index < -0.39 is 0 Å². The molecule has 0 amide bonds. The largest absolute Gasteiger partial charge is 0.454 e. The van der Waals surface area contributed by atoms with Crippen LogP contribution in [0.1, 0.15) is 52.7 Å². The topological polar surface area (TPSA) is 21.3 Å². The van der Waals surface area contributed by atoms with Gasteiger partial charge in [0.15, 0.2) is 5.58 Å². The van der Waals surface area contributed by atoms with Gasteiger partial charge >= 0.3 is 6.85 Å². The second kappa shape index (κ2) is 9.23. The summed E-state index contributed by atoms with van der Waals surface area (Å²) in [5, 5.41) is 4.91. The molecule has 2 aliphatic rings. The predicted octanol–water partition coefficient (Wildman–Crippen LogP) is 10.7. The summed E-state index contributed by atoms with van der Waals surface area (Å²) < 4.78 is 9.56. The summed E-state index contributed by atoms with van der Waals surface area (Å²) in [6, 6.07) is 43.1. The fraction of sp³-hybridized carbons (Fsp3) is 0.182. The summed E-state index contributed by atoms with van der Waals surface area (Å²) in [4.78, 5) is 2.49. The van der Waals surface area contributed by atoms with Gasteiger partial charge in [0.25, 0.3) is 0 Å². The third kappa shape index (κ3) is 3.61. The Morgan fingerprint density at radius 1 is 0.583 bits per heavy atom. The van der Waals surface area contributed by atoms with Crippen molar-refractivity contribution in [2.75, 3.05) is 4.90 Å². The fourth-order valence-corrected chi connectivity index (χ4v) is 8.48. The number of benzene rings is 6. The van der Waals surface area contributed by atoms with E-state index in [4.69, 9.17) is 4.42 Å². The highest BCUT2D eigenvalue weighted by atomic mass is 16.3. The molecule has 0 saturated carbocycles. The van der Waals surface area contributed by atoms with Gasteiger partial charge in [-0.1, -0.05) is 120 Å². The SMILES string of the molecule is CC(C)(C)c1ccc(N2c3ccc(C(C)(C)C)cc3B3c4c(cc5c(oc6ccccc65)c42)-c2cccc4c5ccccc5n3c24)cc1. The van der Waals surface area contributed by atoms with Gasteiger partial charge in [-0.3, -0.25) is 0 Å². The molecule has 8 aromatic rings. The Morgan fingerprint density at radius 2 is 1.27 bits per heavy atom. The van der Waals surface area contributed by atoms with Crippen LogP contribution in [0.2, 0.25) is 0 Å². The van der Waals surface area contributed by atoms with Crippen LogP contribution in [-0.4, -0.2) is 11.3 Å². The van der Waals surface area contributed by atoms with E-state index in [0.29, 0.717) is 0 Å². The van der Waals surface area contributed by atoms with Crippen molar-refractivity contribution in [3.8, 4) is 11.1 Å². The van der Waals surface area contributed by atoms with E-state index in [1.165, 1.54) is 60.7 Å². The zero-order chi connectivity index (χ0) is 32.7. The van der Waals surface area contributed by atoms with Gasteiger partial charge in [0.1, 0.15) is 5.58 Å². The van der Waals surface area contributed by atoms with Crippen LogP contribution < -0.4 is 15.8 Å². The van der Waals surface area contributed by atoms with Crippen LogP contribution >= 0.6 is 0 Å². The molecule has 48 heavy (non-hydrogen) atoms. The quantitative estimate of drug-likeness (QED) is 0.170. The average Bonchev–Trinajstić information content (AvgIpc) is 3.62. The average molecular weight is 621 g/mol. The standard InChI is InChI=1S/C44H37BN2O/c1-43(2,3)26-18-21-28(22-19-26)46-37-23-20-27(44(4,5)6)24-35(37)45-39-33(25-34-30-13-8-10-17-38(30)48-42(34)41(39)46)32-15-11-14-31-29-12-7-9-16-36(29)47(45)40(31)32/h7-25H,1-6H3. The number of aromatic nitrogens is 1. The van der Waals surface area contributed by atoms with Crippen molar-refractivity contribution in [1.29, 1.82) is 0 Å². The first kappa shape index (κ1) is 27.9. The Hall–Kier alpha value is -5.22. The van der Waals surface area contributed by atoms with Gasteiger partial charge in [-0.25, -0.2) is 0 Å². The third-order valence-electron chi connectivity index (χ3n) is 10.9. The highest BCUT2D eigenvalue weighted by molar-refractivity contribution is 6.90. The molecule has 0 unspecified atom stereocenters. The Morgan fingerprint density at radius 3 is 2.04 bits per heavy atom. The normalized spacial score (nSPS) is 14.0. The molecule has 0 aliphatic carbocycles. The van der Waals surface area contributed by atoms with Gasteiger partial charge in [-0.05, 0) is 74.8 Å². The van der Waals surface area contributed by atoms with E-state index >= 15 is 0 Å². The van der Waals surface area contributed by atoms with Gasteiger partial charge in [0.2, 0.25) is 0 Å². The molecule has 6 aromatic carbocycles. The summed E-state index contributed by atoms with van der Waals surface area (Å²) in [5.74, 6) is 0. The smallest absolute Gasteiger partial charge is 0.333 e. The highest BCUT2D eigenvalue weighted by Crippen LogP contribution is 2.49. The lowest BCUT2D eigenvalue weighted by Gasteiger charge is -2.41. The number of fused-ring (bicyclic) bond motifs is 11. The summed E-state index contributed by atoms with van der Waals surface area (Å²) in [6.45, 7) is 13.8. The lowest BCUT2D eigenvalue weighted by molar-refractivity contribution is 0.590. The Kier molecular flexibility index (Phi) is 5.36. The van der Waals surface area contributed by atoms with Crippen LogP contribution in [0.4, 0.5) is 17.1 Å². The molecule has 4 heteroatoms. The molecule has 2 aliphatic heterocycles. The Labute approximate surface area is 281 Å². The second-order valence-electron chi connectivity index (χ2n) is 15.8. The van der Waals surface area contributed by atoms with Crippen LogP contribution in [-0.2, 0) is 10.8 Å². The summed E-state index contributed by atoms with van der Waals surface area (Å²) >= 11 is 0. The number of para-hydroxylation sites is 3. The molecule has 0 fully saturated rings. The van der Waals surface area contributed by atoms with Gasteiger partial charge in [0.05, 0.1) is 5.69 Å². The molecule has 0 N–H and O–H groups in total. The molecular weight excluding hydrogens is 583 g/mol. The van der Waals surface area contributed by atoms with Crippen molar-refractivity contribution in [2.45, 2.75) is 52.4 Å². The molecule has 0 saturated heterocycles. The fourth-order valence-electron chi connectivity index (χ4n) is 8.48. The molecule has 0 radical (unpaired) electrons. The minimum Gasteiger partial charge on any atom is -0.454 e. The van der Waals surface area contributed by atoms with E-state index in [2.05, 4.69) is 166 Å². The maximum atomic E-state index is 6.92. The lowest BCUT2D eigenvalue weighted by atomic mass is 9.44. The van der Waals surface area contributed by atoms with Crippen molar-refractivity contribution in [3.63, 3.8) is 0 Å². The molecule has 2 aromatic heterocycles. The molecule has 10 rings (SSSR count). The zero-order valence-corrected chi connectivity index (χ0v) is 28.3. The van der Waals surface area contributed by atoms with E-state index in [1.54, 1.807) is 0 Å². The number of anilines is 3. The number of nitrogens with zero attached hydrogens (tertiary/aromatic N) is 2. The van der Waals surface area contributed by atoms with Crippen LogP contribution in [0.3, 0.4) is 0 Å². The molecule has 232 valence electrons. The molecule has 0 spiro atoms. The van der Waals surface area contributed by atoms with E-state index in [9.17, 15) is 0 Å². The number of furan rings is 1. The lowest BCUT2D eigenvalue weighted by Crippen LogP contribution is -2.57. The number of rotatable bonds is 1. The van der Waals surface area contributed by atoms with Crippen molar-refractivity contribution in [3.05, 3.63) is 126 Å².